The van der Waals surface area contributed by atoms with Gasteiger partial charge in [0.15, 0.2) is 0 Å². The minimum absolute atomic E-state index is 0.206. The van der Waals surface area contributed by atoms with Crippen LogP contribution in [0.25, 0.3) is 0 Å². The quantitative estimate of drug-likeness (QED) is 0.701. The van der Waals surface area contributed by atoms with Crippen molar-refractivity contribution in [1.29, 1.82) is 0 Å². The maximum absolute atomic E-state index is 12.2. The number of aliphatic hydroxyl groups is 1. The van der Waals surface area contributed by atoms with Crippen molar-refractivity contribution in [3.63, 3.8) is 0 Å². The number of carbonyl (C=O) groups excluding carboxylic acids is 1. The average Bonchev–Trinajstić information content (AvgIpc) is 2.97. The van der Waals surface area contributed by atoms with E-state index in [0.29, 0.717) is 0 Å². The van der Waals surface area contributed by atoms with Crippen molar-refractivity contribution in [2.45, 2.75) is 70.5 Å². The summed E-state index contributed by atoms with van der Waals surface area (Å²) in [5.74, 6) is 0. The molecule has 1 saturated heterocycles. The summed E-state index contributed by atoms with van der Waals surface area (Å²) in [4.78, 5) is 18.5. The molecule has 2 aliphatic rings. The predicted octanol–water partition coefficient (Wildman–Crippen LogP) is 4.68. The van der Waals surface area contributed by atoms with E-state index in [-0.39, 0.29) is 11.5 Å². The van der Waals surface area contributed by atoms with Gasteiger partial charge in [-0.1, -0.05) is 0 Å². The smallest absolute Gasteiger partial charge is 0.410 e. The molecule has 1 aliphatic carbocycles. The molecular weight excluding hydrogens is 404 g/mol. The molecule has 0 radical (unpaired) electrons. The zero-order chi connectivity index (χ0) is 18.3. The number of carbonyl (C=O) groups is 1. The second-order valence-corrected chi connectivity index (χ2v) is 10.1. The lowest BCUT2D eigenvalue weighted by atomic mass is 9.64. The lowest BCUT2D eigenvalue weighted by Crippen LogP contribution is -2.47. The molecule has 0 unspecified atom stereocenters. The first kappa shape index (κ1) is 19.1. The van der Waals surface area contributed by atoms with Crippen molar-refractivity contribution in [3.8, 4) is 0 Å². The first-order valence-corrected chi connectivity index (χ1v) is 10.6. The molecule has 1 aromatic heterocycles. The number of ether oxygens (including phenoxy) is 1. The molecule has 5 nitrogen and oxygen atoms in total. The van der Waals surface area contributed by atoms with Crippen molar-refractivity contribution in [2.24, 2.45) is 5.41 Å². The third-order valence-electron chi connectivity index (χ3n) is 5.49. The Balaban J connectivity index is 1.56. The molecule has 25 heavy (non-hydrogen) atoms. The van der Waals surface area contributed by atoms with E-state index < -0.39 is 11.2 Å². The van der Waals surface area contributed by atoms with E-state index in [1.165, 1.54) is 11.3 Å². The molecule has 1 saturated carbocycles. The molecule has 7 heteroatoms. The fourth-order valence-electron chi connectivity index (χ4n) is 3.87. The Labute approximate surface area is 161 Å². The Morgan fingerprint density at radius 1 is 1.24 bits per heavy atom. The van der Waals surface area contributed by atoms with Gasteiger partial charge < -0.3 is 14.7 Å². The Morgan fingerprint density at radius 3 is 2.32 bits per heavy atom. The molecule has 3 rings (SSSR count). The average molecular weight is 431 g/mol. The summed E-state index contributed by atoms with van der Waals surface area (Å²) >= 11 is 4.89. The van der Waals surface area contributed by atoms with Crippen LogP contribution in [0.2, 0.25) is 0 Å². The SMILES string of the molecule is CC(C)(C)OC(=O)N1CCC2(CC1)CCC(O)(c1nc(Br)cs1)CC2. The highest BCUT2D eigenvalue weighted by Crippen LogP contribution is 2.51. The number of rotatable bonds is 1. The van der Waals surface area contributed by atoms with E-state index in [4.69, 9.17) is 4.74 Å². The number of aromatic nitrogens is 1. The highest BCUT2D eigenvalue weighted by Gasteiger charge is 2.46. The number of nitrogens with zero attached hydrogens (tertiary/aromatic N) is 2. The largest absolute Gasteiger partial charge is 0.444 e. The summed E-state index contributed by atoms with van der Waals surface area (Å²) in [5.41, 5.74) is -0.987. The maximum Gasteiger partial charge on any atom is 0.410 e. The Hall–Kier alpha value is -0.660. The highest BCUT2D eigenvalue weighted by molar-refractivity contribution is 9.10. The van der Waals surface area contributed by atoms with Gasteiger partial charge in [-0.15, -0.1) is 11.3 Å². The van der Waals surface area contributed by atoms with Gasteiger partial charge in [0.2, 0.25) is 0 Å². The molecule has 140 valence electrons. The van der Waals surface area contributed by atoms with Crippen molar-refractivity contribution < 1.29 is 14.6 Å². The summed E-state index contributed by atoms with van der Waals surface area (Å²) in [6.45, 7) is 7.19. The zero-order valence-corrected chi connectivity index (χ0v) is 17.6. The van der Waals surface area contributed by atoms with Crippen LogP contribution in [-0.4, -0.2) is 39.8 Å². The zero-order valence-electron chi connectivity index (χ0n) is 15.2. The Morgan fingerprint density at radius 2 is 1.84 bits per heavy atom. The second-order valence-electron chi connectivity index (χ2n) is 8.47. The fraction of sp³-hybridized carbons (Fsp3) is 0.778. The number of hydrogen-bond acceptors (Lipinski definition) is 5. The van der Waals surface area contributed by atoms with Gasteiger partial charge in [0.1, 0.15) is 20.8 Å². The summed E-state index contributed by atoms with van der Waals surface area (Å²) in [5, 5.41) is 13.7. The maximum atomic E-state index is 12.2. The Kier molecular flexibility index (Phi) is 5.21. The van der Waals surface area contributed by atoms with Crippen LogP contribution in [0.4, 0.5) is 4.79 Å². The van der Waals surface area contributed by atoms with Crippen LogP contribution < -0.4 is 0 Å². The second kappa shape index (κ2) is 6.82. The Bertz CT molecular complexity index is 623. The van der Waals surface area contributed by atoms with Crippen LogP contribution in [0.3, 0.4) is 0 Å². The number of amides is 1. The van der Waals surface area contributed by atoms with Crippen LogP contribution >= 0.6 is 27.3 Å². The van der Waals surface area contributed by atoms with E-state index in [9.17, 15) is 9.90 Å². The van der Waals surface area contributed by atoms with Crippen molar-refractivity contribution in [3.05, 3.63) is 15.0 Å². The lowest BCUT2D eigenvalue weighted by Gasteiger charge is -2.47. The molecule has 1 aliphatic heterocycles. The standard InChI is InChI=1S/C18H27BrN2O3S/c1-16(2,3)24-15(22)21-10-8-17(9-11-21)4-6-18(23,7-5-17)14-20-13(19)12-25-14/h12,23H,4-11H2,1-3H3. The number of likely N-dealkylation sites (tertiary alicyclic amines) is 1. The van der Waals surface area contributed by atoms with Crippen LogP contribution in [-0.2, 0) is 10.3 Å². The van der Waals surface area contributed by atoms with Gasteiger partial charge in [-0.05, 0) is 80.6 Å². The molecule has 2 heterocycles. The summed E-state index contributed by atoms with van der Waals surface area (Å²) in [6.07, 6.45) is 5.25. The van der Waals surface area contributed by atoms with Gasteiger partial charge >= 0.3 is 6.09 Å². The molecular formula is C18H27BrN2O3S. The van der Waals surface area contributed by atoms with E-state index in [2.05, 4.69) is 20.9 Å². The number of halogens is 1. The van der Waals surface area contributed by atoms with E-state index >= 15 is 0 Å². The summed E-state index contributed by atoms with van der Waals surface area (Å²) < 4.78 is 6.28. The normalized spacial score (nSPS) is 22.8. The van der Waals surface area contributed by atoms with Gasteiger partial charge in [0, 0.05) is 18.5 Å². The molecule has 0 aromatic carbocycles. The fourth-order valence-corrected chi connectivity index (χ4v) is 5.28. The minimum Gasteiger partial charge on any atom is -0.444 e. The molecule has 2 fully saturated rings. The van der Waals surface area contributed by atoms with Crippen LogP contribution in [0.15, 0.2) is 9.98 Å². The van der Waals surface area contributed by atoms with Gasteiger partial charge in [-0.25, -0.2) is 9.78 Å². The molecule has 1 N–H and O–H groups in total. The number of hydrogen-bond donors (Lipinski definition) is 1. The number of thiazole rings is 1. The van der Waals surface area contributed by atoms with Crippen LogP contribution in [0.1, 0.15) is 64.3 Å². The molecule has 1 aromatic rings. The first-order chi connectivity index (χ1) is 11.6. The third kappa shape index (κ3) is 4.37. The van der Waals surface area contributed by atoms with Crippen LogP contribution in [0.5, 0.6) is 0 Å². The summed E-state index contributed by atoms with van der Waals surface area (Å²) in [7, 11) is 0. The van der Waals surface area contributed by atoms with E-state index in [1.807, 2.05) is 31.1 Å². The van der Waals surface area contributed by atoms with E-state index in [1.54, 1.807) is 0 Å². The van der Waals surface area contributed by atoms with Gasteiger partial charge in [0.25, 0.3) is 0 Å². The van der Waals surface area contributed by atoms with Gasteiger partial charge in [0.05, 0.1) is 0 Å². The molecule has 1 amide bonds. The van der Waals surface area contributed by atoms with Crippen LogP contribution in [0, 0.1) is 5.41 Å². The van der Waals surface area contributed by atoms with E-state index in [0.717, 1.165) is 61.2 Å². The van der Waals surface area contributed by atoms with Crippen molar-refractivity contribution >= 4 is 33.4 Å². The molecule has 0 atom stereocenters. The van der Waals surface area contributed by atoms with Crippen molar-refractivity contribution in [2.75, 3.05) is 13.1 Å². The minimum atomic E-state index is -0.787. The lowest BCUT2D eigenvalue weighted by molar-refractivity contribution is -0.0583. The number of piperidine rings is 1. The summed E-state index contributed by atoms with van der Waals surface area (Å²) in [6, 6.07) is 0. The van der Waals surface area contributed by atoms with Crippen molar-refractivity contribution in [1.82, 2.24) is 9.88 Å². The topological polar surface area (TPSA) is 62.7 Å². The molecule has 0 bridgehead atoms. The third-order valence-corrected chi connectivity index (χ3v) is 7.23. The molecule has 1 spiro atoms. The van der Waals surface area contributed by atoms with Gasteiger partial charge in [-0.3, -0.25) is 0 Å². The highest BCUT2D eigenvalue weighted by atomic mass is 79.9. The first-order valence-electron chi connectivity index (χ1n) is 8.93. The monoisotopic (exact) mass is 430 g/mol. The predicted molar refractivity (Wildman–Crippen MR) is 102 cm³/mol. The van der Waals surface area contributed by atoms with Gasteiger partial charge in [-0.2, -0.15) is 0 Å².